The maximum absolute atomic E-state index is 4.71. The number of benzene rings is 1. The van der Waals surface area contributed by atoms with E-state index >= 15 is 0 Å². The van der Waals surface area contributed by atoms with Crippen LogP contribution in [0.2, 0.25) is 0 Å². The summed E-state index contributed by atoms with van der Waals surface area (Å²) in [7, 11) is 0. The van der Waals surface area contributed by atoms with Gasteiger partial charge in [-0.25, -0.2) is 9.98 Å². The molecule has 0 fully saturated rings. The zero-order valence-electron chi connectivity index (χ0n) is 12.3. The lowest BCUT2D eigenvalue weighted by Crippen LogP contribution is -2.06. The number of pyridine rings is 1. The summed E-state index contributed by atoms with van der Waals surface area (Å²) in [5, 5.41) is 6.53. The Labute approximate surface area is 128 Å². The van der Waals surface area contributed by atoms with Crippen LogP contribution in [0.4, 0.5) is 11.4 Å². The van der Waals surface area contributed by atoms with Gasteiger partial charge in [-0.15, -0.1) is 11.3 Å². The fourth-order valence-corrected chi connectivity index (χ4v) is 3.37. The zero-order chi connectivity index (χ0) is 14.8. The number of nitrogens with one attached hydrogen (secondary N) is 1. The molecule has 4 heteroatoms. The van der Waals surface area contributed by atoms with Crippen molar-refractivity contribution in [1.29, 1.82) is 0 Å². The van der Waals surface area contributed by atoms with Crippen molar-refractivity contribution >= 4 is 38.8 Å². The van der Waals surface area contributed by atoms with Gasteiger partial charge in [-0.1, -0.05) is 18.2 Å². The Morgan fingerprint density at radius 3 is 2.71 bits per heavy atom. The largest absolute Gasteiger partial charge is 0.344 e. The molecule has 0 aliphatic heterocycles. The lowest BCUT2D eigenvalue weighted by atomic mass is 10.1. The van der Waals surface area contributed by atoms with Gasteiger partial charge in [0.15, 0.2) is 0 Å². The number of rotatable bonds is 2. The first-order valence-electron chi connectivity index (χ1n) is 6.86. The minimum atomic E-state index is 0.876. The van der Waals surface area contributed by atoms with Crippen molar-refractivity contribution in [2.24, 2.45) is 4.99 Å². The van der Waals surface area contributed by atoms with Gasteiger partial charge in [0, 0.05) is 22.1 Å². The van der Waals surface area contributed by atoms with E-state index in [2.05, 4.69) is 28.7 Å². The third kappa shape index (κ3) is 2.95. The van der Waals surface area contributed by atoms with Crippen molar-refractivity contribution in [3.05, 3.63) is 53.0 Å². The average Bonchev–Trinajstić information content (AvgIpc) is 2.82. The van der Waals surface area contributed by atoms with Crippen molar-refractivity contribution in [1.82, 2.24) is 4.98 Å². The number of amidine groups is 1. The summed E-state index contributed by atoms with van der Waals surface area (Å²) in [6.07, 6.45) is 0. The van der Waals surface area contributed by atoms with Crippen LogP contribution in [0.5, 0.6) is 0 Å². The van der Waals surface area contributed by atoms with Crippen LogP contribution in [-0.4, -0.2) is 10.8 Å². The highest BCUT2D eigenvalue weighted by atomic mass is 32.1. The van der Waals surface area contributed by atoms with Gasteiger partial charge in [0.2, 0.25) is 0 Å². The number of anilines is 1. The Morgan fingerprint density at radius 2 is 1.95 bits per heavy atom. The number of fused-ring (bicyclic) bond motifs is 1. The van der Waals surface area contributed by atoms with Crippen LogP contribution in [0.1, 0.15) is 18.2 Å². The standard InChI is InChI=1S/C17H17N3S/c1-11-9-12(2)18-17-16(11)15(10-21-17)20-13(3)19-14-7-5-4-6-8-14/h4-10H,1-3H3,(H,19,20). The molecule has 1 aromatic carbocycles. The van der Waals surface area contributed by atoms with Gasteiger partial charge in [-0.3, -0.25) is 0 Å². The van der Waals surface area contributed by atoms with Crippen LogP contribution in [0, 0.1) is 13.8 Å². The fraction of sp³-hybridized carbons (Fsp3) is 0.176. The minimum absolute atomic E-state index is 0.876. The van der Waals surface area contributed by atoms with E-state index in [1.165, 1.54) is 5.56 Å². The van der Waals surface area contributed by atoms with Gasteiger partial charge in [-0.2, -0.15) is 0 Å². The summed E-state index contributed by atoms with van der Waals surface area (Å²) < 4.78 is 0. The van der Waals surface area contributed by atoms with Crippen LogP contribution in [-0.2, 0) is 0 Å². The van der Waals surface area contributed by atoms with Gasteiger partial charge in [0.05, 0.1) is 5.69 Å². The predicted octanol–water partition coefficient (Wildman–Crippen LogP) is 5.08. The smallest absolute Gasteiger partial charge is 0.126 e. The van der Waals surface area contributed by atoms with Gasteiger partial charge in [-0.05, 0) is 44.5 Å². The molecule has 0 unspecified atom stereocenters. The highest BCUT2D eigenvalue weighted by molar-refractivity contribution is 7.17. The molecule has 3 aromatic rings. The van der Waals surface area contributed by atoms with Gasteiger partial charge in [0.25, 0.3) is 0 Å². The van der Waals surface area contributed by atoms with E-state index in [4.69, 9.17) is 4.99 Å². The van der Waals surface area contributed by atoms with Crippen LogP contribution < -0.4 is 5.32 Å². The molecular weight excluding hydrogens is 278 g/mol. The Morgan fingerprint density at radius 1 is 1.19 bits per heavy atom. The number of para-hydroxylation sites is 1. The van der Waals surface area contributed by atoms with E-state index in [0.717, 1.165) is 33.1 Å². The van der Waals surface area contributed by atoms with Crippen molar-refractivity contribution in [3.63, 3.8) is 0 Å². The molecule has 2 aromatic heterocycles. The number of thiophene rings is 1. The summed E-state index contributed by atoms with van der Waals surface area (Å²) in [5.74, 6) is 0.876. The summed E-state index contributed by atoms with van der Waals surface area (Å²) >= 11 is 1.64. The van der Waals surface area contributed by atoms with Crippen LogP contribution in [0.3, 0.4) is 0 Å². The van der Waals surface area contributed by atoms with E-state index in [9.17, 15) is 0 Å². The number of hydrogen-bond acceptors (Lipinski definition) is 3. The van der Waals surface area contributed by atoms with E-state index in [1.807, 2.05) is 44.2 Å². The molecule has 0 atom stereocenters. The second-order valence-electron chi connectivity index (χ2n) is 5.07. The van der Waals surface area contributed by atoms with Crippen molar-refractivity contribution in [3.8, 4) is 0 Å². The van der Waals surface area contributed by atoms with E-state index in [1.54, 1.807) is 11.3 Å². The molecule has 3 rings (SSSR count). The third-order valence-corrected chi connectivity index (χ3v) is 4.10. The molecule has 21 heavy (non-hydrogen) atoms. The normalized spacial score (nSPS) is 11.9. The maximum Gasteiger partial charge on any atom is 0.126 e. The average molecular weight is 295 g/mol. The van der Waals surface area contributed by atoms with Crippen LogP contribution in [0.15, 0.2) is 46.8 Å². The van der Waals surface area contributed by atoms with E-state index in [0.29, 0.717) is 0 Å². The minimum Gasteiger partial charge on any atom is -0.344 e. The van der Waals surface area contributed by atoms with Gasteiger partial charge < -0.3 is 5.32 Å². The van der Waals surface area contributed by atoms with Crippen molar-refractivity contribution < 1.29 is 0 Å². The molecule has 0 radical (unpaired) electrons. The molecule has 0 aliphatic rings. The molecular formula is C17H17N3S. The van der Waals surface area contributed by atoms with Gasteiger partial charge >= 0.3 is 0 Å². The number of nitrogens with zero attached hydrogens (tertiary/aromatic N) is 2. The Kier molecular flexibility index (Phi) is 3.71. The van der Waals surface area contributed by atoms with Gasteiger partial charge in [0.1, 0.15) is 10.7 Å². The second kappa shape index (κ2) is 5.66. The lowest BCUT2D eigenvalue weighted by Gasteiger charge is -2.05. The topological polar surface area (TPSA) is 37.3 Å². The van der Waals surface area contributed by atoms with E-state index < -0.39 is 0 Å². The lowest BCUT2D eigenvalue weighted by molar-refractivity contribution is 1.25. The van der Waals surface area contributed by atoms with Crippen LogP contribution >= 0.6 is 11.3 Å². The molecule has 0 saturated heterocycles. The molecule has 0 aliphatic carbocycles. The molecule has 3 nitrogen and oxygen atoms in total. The summed E-state index contributed by atoms with van der Waals surface area (Å²) in [6.45, 7) is 6.12. The molecule has 0 bridgehead atoms. The third-order valence-electron chi connectivity index (χ3n) is 3.24. The Balaban J connectivity index is 1.96. The molecule has 0 amide bonds. The molecule has 0 saturated carbocycles. The number of hydrogen-bond donors (Lipinski definition) is 1. The molecule has 0 spiro atoms. The summed E-state index contributed by atoms with van der Waals surface area (Å²) in [5.41, 5.74) is 4.31. The first kappa shape index (κ1) is 13.8. The highest BCUT2D eigenvalue weighted by Crippen LogP contribution is 2.34. The first-order chi connectivity index (χ1) is 10.1. The molecule has 2 heterocycles. The number of aliphatic imine (C=N–C) groups is 1. The highest BCUT2D eigenvalue weighted by Gasteiger charge is 2.08. The van der Waals surface area contributed by atoms with Crippen molar-refractivity contribution in [2.75, 3.05) is 5.32 Å². The summed E-state index contributed by atoms with van der Waals surface area (Å²) in [4.78, 5) is 10.3. The Bertz CT molecular complexity index is 804. The second-order valence-corrected chi connectivity index (χ2v) is 5.93. The summed E-state index contributed by atoms with van der Waals surface area (Å²) in [6, 6.07) is 12.2. The SMILES string of the molecule is CC(=Nc1csc2nc(C)cc(C)c12)Nc1ccccc1. The number of aryl methyl sites for hydroxylation is 2. The monoisotopic (exact) mass is 295 g/mol. The molecule has 1 N–H and O–H groups in total. The van der Waals surface area contributed by atoms with E-state index in [-0.39, 0.29) is 0 Å². The maximum atomic E-state index is 4.71. The van der Waals surface area contributed by atoms with Crippen molar-refractivity contribution in [2.45, 2.75) is 20.8 Å². The zero-order valence-corrected chi connectivity index (χ0v) is 13.2. The van der Waals surface area contributed by atoms with Crippen LogP contribution in [0.25, 0.3) is 10.2 Å². The predicted molar refractivity (Wildman–Crippen MR) is 91.9 cm³/mol. The molecule has 106 valence electrons. The Hall–Kier alpha value is -2.20. The number of aromatic nitrogens is 1. The fourth-order valence-electron chi connectivity index (χ4n) is 2.39. The quantitative estimate of drug-likeness (QED) is 0.529. The first-order valence-corrected chi connectivity index (χ1v) is 7.74.